The molecule has 0 aromatic rings. The van der Waals surface area contributed by atoms with E-state index in [1.54, 1.807) is 0 Å². The van der Waals surface area contributed by atoms with Crippen molar-refractivity contribution in [2.75, 3.05) is 7.11 Å². The highest BCUT2D eigenvalue weighted by atomic mass is 16.5. The fourth-order valence-corrected chi connectivity index (χ4v) is 0.0833. The van der Waals surface area contributed by atoms with Gasteiger partial charge in [0.05, 0.1) is 7.11 Å². The standard InChI is InChI=1S/C4H6O2.C3H4O2.2C2H4/c1-3-4(5)6-2;1-2-3(4)5;2*1-2/h3H,1H2,2H3;2H,1H2,(H,4,5);2*1-2H2. The molecule has 0 atom stereocenters. The molecule has 0 amide bonds. The zero-order valence-electron chi connectivity index (χ0n) is 9.07. The van der Waals surface area contributed by atoms with Crippen molar-refractivity contribution < 1.29 is 19.4 Å². The van der Waals surface area contributed by atoms with E-state index in [0.29, 0.717) is 0 Å². The molecule has 0 fully saturated rings. The average molecular weight is 214 g/mol. The molecule has 0 aliphatic rings. The molecule has 4 heteroatoms. The summed E-state index contributed by atoms with van der Waals surface area (Å²) in [5.74, 6) is -1.37. The molecule has 86 valence electrons. The quantitative estimate of drug-likeness (QED) is 0.435. The molecular weight excluding hydrogens is 196 g/mol. The van der Waals surface area contributed by atoms with Gasteiger partial charge < -0.3 is 9.84 Å². The second kappa shape index (κ2) is 29.7. The Morgan fingerprint density at radius 2 is 1.33 bits per heavy atom. The highest BCUT2D eigenvalue weighted by Gasteiger charge is 1.81. The summed E-state index contributed by atoms with van der Waals surface area (Å²) in [7, 11) is 1.31. The van der Waals surface area contributed by atoms with Crippen LogP contribution in [0, 0.1) is 0 Å². The van der Waals surface area contributed by atoms with E-state index in [1.165, 1.54) is 7.11 Å². The molecule has 4 nitrogen and oxygen atoms in total. The van der Waals surface area contributed by atoms with Crippen LogP contribution in [0.4, 0.5) is 0 Å². The molecule has 0 aromatic heterocycles. The Hall–Kier alpha value is -2.10. The first-order chi connectivity index (χ1) is 7.08. The van der Waals surface area contributed by atoms with Crippen LogP contribution in [-0.2, 0) is 14.3 Å². The average Bonchev–Trinajstić information content (AvgIpc) is 2.33. The van der Waals surface area contributed by atoms with E-state index in [0.717, 1.165) is 12.2 Å². The van der Waals surface area contributed by atoms with Crippen LogP contribution in [0.15, 0.2) is 51.6 Å². The molecule has 0 bridgehead atoms. The van der Waals surface area contributed by atoms with Gasteiger partial charge in [-0.1, -0.05) is 13.2 Å². The van der Waals surface area contributed by atoms with Crippen molar-refractivity contribution in [3.05, 3.63) is 51.6 Å². The van der Waals surface area contributed by atoms with E-state index in [-0.39, 0.29) is 0 Å². The van der Waals surface area contributed by atoms with Crippen molar-refractivity contribution in [1.82, 2.24) is 0 Å². The maximum absolute atomic E-state index is 9.84. The first-order valence-electron chi connectivity index (χ1n) is 3.64. The maximum Gasteiger partial charge on any atom is 0.329 e. The lowest BCUT2D eigenvalue weighted by Gasteiger charge is -1.83. The van der Waals surface area contributed by atoms with Gasteiger partial charge in [0.1, 0.15) is 0 Å². The first-order valence-corrected chi connectivity index (χ1v) is 3.64. The number of aliphatic carboxylic acids is 1. The van der Waals surface area contributed by atoms with Gasteiger partial charge >= 0.3 is 11.9 Å². The number of carbonyl (C=O) groups excluding carboxylic acids is 1. The molecule has 0 spiro atoms. The number of carboxylic acids is 1. The molecule has 0 heterocycles. The van der Waals surface area contributed by atoms with Gasteiger partial charge in [-0.3, -0.25) is 0 Å². The normalized spacial score (nSPS) is 5.40. The molecule has 0 saturated heterocycles. The van der Waals surface area contributed by atoms with E-state index < -0.39 is 11.9 Å². The van der Waals surface area contributed by atoms with Gasteiger partial charge in [-0.15, -0.1) is 26.3 Å². The molecule has 15 heavy (non-hydrogen) atoms. The third-order valence-electron chi connectivity index (χ3n) is 0.542. The summed E-state index contributed by atoms with van der Waals surface area (Å²) in [6.45, 7) is 18.1. The van der Waals surface area contributed by atoms with Gasteiger partial charge in [-0.2, -0.15) is 0 Å². The van der Waals surface area contributed by atoms with Crippen LogP contribution < -0.4 is 0 Å². The third-order valence-corrected chi connectivity index (χ3v) is 0.542. The monoisotopic (exact) mass is 214 g/mol. The lowest BCUT2D eigenvalue weighted by atomic mass is 10.7. The van der Waals surface area contributed by atoms with Crippen LogP contribution in [0.3, 0.4) is 0 Å². The number of hydrogen-bond acceptors (Lipinski definition) is 3. The van der Waals surface area contributed by atoms with Crippen LogP contribution in [0.1, 0.15) is 0 Å². The number of carboxylic acid groups (broad SMARTS) is 1. The number of ether oxygens (including phenoxy) is 1. The Morgan fingerprint density at radius 1 is 1.07 bits per heavy atom. The Bertz CT molecular complexity index is 183. The predicted molar refractivity (Wildman–Crippen MR) is 62.6 cm³/mol. The van der Waals surface area contributed by atoms with Gasteiger partial charge in [0.25, 0.3) is 0 Å². The summed E-state index contributed by atoms with van der Waals surface area (Å²) in [5.41, 5.74) is 0. The van der Waals surface area contributed by atoms with Crippen LogP contribution in [0.25, 0.3) is 0 Å². The Labute approximate surface area is 90.9 Å². The van der Waals surface area contributed by atoms with Crippen molar-refractivity contribution in [3.63, 3.8) is 0 Å². The van der Waals surface area contributed by atoms with Crippen molar-refractivity contribution in [3.8, 4) is 0 Å². The molecule has 0 aliphatic heterocycles. The molecule has 0 aromatic carbocycles. The minimum Gasteiger partial charge on any atom is -0.478 e. The molecule has 1 N–H and O–H groups in total. The summed E-state index contributed by atoms with van der Waals surface area (Å²) in [4.78, 5) is 19.1. The molecule has 0 radical (unpaired) electrons. The lowest BCUT2D eigenvalue weighted by Crippen LogP contribution is -1.91. The van der Waals surface area contributed by atoms with Gasteiger partial charge in [0.2, 0.25) is 0 Å². The van der Waals surface area contributed by atoms with Gasteiger partial charge in [0.15, 0.2) is 0 Å². The largest absolute Gasteiger partial charge is 0.478 e. The molecule has 0 saturated carbocycles. The number of carbonyl (C=O) groups is 2. The SMILES string of the molecule is C=C.C=C.C=CC(=O)O.C=CC(=O)OC. The Kier molecular flexibility index (Phi) is 45.7. The topological polar surface area (TPSA) is 63.6 Å². The van der Waals surface area contributed by atoms with E-state index in [2.05, 4.69) is 44.2 Å². The van der Waals surface area contributed by atoms with Crippen molar-refractivity contribution in [1.29, 1.82) is 0 Å². The fourth-order valence-electron chi connectivity index (χ4n) is 0.0833. The van der Waals surface area contributed by atoms with Gasteiger partial charge in [0, 0.05) is 12.2 Å². The second-order valence-electron chi connectivity index (χ2n) is 1.27. The van der Waals surface area contributed by atoms with Crippen molar-refractivity contribution in [2.24, 2.45) is 0 Å². The zero-order chi connectivity index (χ0) is 13.3. The van der Waals surface area contributed by atoms with Gasteiger partial charge in [-0.25, -0.2) is 9.59 Å². The molecule has 0 aliphatic carbocycles. The van der Waals surface area contributed by atoms with Crippen LogP contribution >= 0.6 is 0 Å². The second-order valence-corrected chi connectivity index (χ2v) is 1.27. The van der Waals surface area contributed by atoms with Crippen LogP contribution in [0.5, 0.6) is 0 Å². The Balaban J connectivity index is -0.0000000610. The predicted octanol–water partition coefficient (Wildman–Crippen LogP) is 2.21. The number of esters is 1. The number of methoxy groups -OCH3 is 1. The molecular formula is C11H18O4. The van der Waals surface area contributed by atoms with Crippen molar-refractivity contribution in [2.45, 2.75) is 0 Å². The smallest absolute Gasteiger partial charge is 0.329 e. The van der Waals surface area contributed by atoms with E-state index in [9.17, 15) is 9.59 Å². The summed E-state index contributed by atoms with van der Waals surface area (Å²) >= 11 is 0. The summed E-state index contributed by atoms with van der Waals surface area (Å²) in [5, 5.41) is 7.60. The minimum absolute atomic E-state index is 0.394. The molecule has 0 unspecified atom stereocenters. The summed E-state index contributed by atoms with van der Waals surface area (Å²) < 4.78 is 4.14. The third kappa shape index (κ3) is 76.7. The first kappa shape index (κ1) is 23.1. The van der Waals surface area contributed by atoms with Gasteiger partial charge in [-0.05, 0) is 0 Å². The van der Waals surface area contributed by atoms with E-state index >= 15 is 0 Å². The highest BCUT2D eigenvalue weighted by molar-refractivity contribution is 5.80. The van der Waals surface area contributed by atoms with E-state index in [4.69, 9.17) is 5.11 Å². The number of rotatable bonds is 2. The van der Waals surface area contributed by atoms with Crippen LogP contribution in [-0.4, -0.2) is 24.2 Å². The molecule has 0 rings (SSSR count). The minimum atomic E-state index is -0.981. The van der Waals surface area contributed by atoms with Crippen molar-refractivity contribution >= 4 is 11.9 Å². The summed E-state index contributed by atoms with van der Waals surface area (Å²) in [6.07, 6.45) is 1.94. The lowest BCUT2D eigenvalue weighted by molar-refractivity contribution is -0.135. The zero-order valence-corrected chi connectivity index (χ0v) is 9.07. The number of hydrogen-bond donors (Lipinski definition) is 1. The maximum atomic E-state index is 9.84. The summed E-state index contributed by atoms with van der Waals surface area (Å²) in [6, 6.07) is 0. The fraction of sp³-hybridized carbons (Fsp3) is 0.0909. The Morgan fingerprint density at radius 3 is 1.33 bits per heavy atom. The van der Waals surface area contributed by atoms with E-state index in [1.807, 2.05) is 0 Å². The highest BCUT2D eigenvalue weighted by Crippen LogP contribution is 1.67. The van der Waals surface area contributed by atoms with Crippen LogP contribution in [0.2, 0.25) is 0 Å².